The number of nitrogens with zero attached hydrogens (tertiary/aromatic N) is 2. The van der Waals surface area contributed by atoms with Crippen molar-refractivity contribution in [2.45, 2.75) is 36.8 Å². The Hall–Kier alpha value is -3.63. The number of aromatic nitrogens is 2. The molecule has 0 saturated carbocycles. The number of benzene rings is 2. The first-order valence-corrected chi connectivity index (χ1v) is 11.3. The van der Waals surface area contributed by atoms with E-state index in [-0.39, 0.29) is 39.7 Å². The number of ether oxygens (including phenoxy) is 2. The monoisotopic (exact) mass is 535 g/mol. The summed E-state index contributed by atoms with van der Waals surface area (Å²) >= 11 is 0. The zero-order valence-corrected chi connectivity index (χ0v) is 20.0. The maximum atomic E-state index is 14.2. The van der Waals surface area contributed by atoms with Crippen molar-refractivity contribution in [1.29, 1.82) is 0 Å². The van der Waals surface area contributed by atoms with Crippen LogP contribution in [0.1, 0.15) is 16.7 Å². The average molecular weight is 535 g/mol. The minimum absolute atomic E-state index is 0.0178. The van der Waals surface area contributed by atoms with Gasteiger partial charge in [-0.3, -0.25) is 9.78 Å². The number of nitrogens with one attached hydrogen (secondary N) is 1. The number of aromatic hydroxyl groups is 1. The van der Waals surface area contributed by atoms with Crippen LogP contribution >= 0.6 is 0 Å². The molecule has 0 spiro atoms. The molecule has 1 fully saturated rings. The number of aromatic amines is 1. The number of aliphatic hydroxyl groups excluding tert-OH is 2. The van der Waals surface area contributed by atoms with E-state index in [1.165, 1.54) is 43.5 Å². The lowest BCUT2D eigenvalue weighted by molar-refractivity contribution is -0.413. The SMILES string of the molecule is COc1cc(CN(O)[C@@]2(O)[C@H](O)[C@@H](CO)O[C@]2(O)n2cc(Cc3ccccc3F)c(=O)[nH]c2=O)ccc1O. The van der Waals surface area contributed by atoms with Crippen LogP contribution in [0.5, 0.6) is 11.5 Å². The molecule has 1 aromatic heterocycles. The standard InChI is InChI=1S/C24H26FN3O10/c1-37-18-8-13(6-7-17(18)30)10-28(36)23(34)20(31)19(12-29)38-24(23,35)27-11-15(21(32)26-22(27)33)9-14-4-2-3-5-16(14)25/h2-8,11,19-20,29-31,34-36H,9-10,12H2,1H3,(H,26,32,33)/t19-,20-,23-,24+/m1/s1. The number of phenols is 1. The fraction of sp³-hybridized carbons (Fsp3) is 0.333. The fourth-order valence-electron chi connectivity index (χ4n) is 4.33. The van der Waals surface area contributed by atoms with Gasteiger partial charge < -0.3 is 40.2 Å². The molecule has 4 rings (SSSR count). The molecule has 0 aliphatic carbocycles. The molecular formula is C24H26FN3O10. The van der Waals surface area contributed by atoms with Crippen molar-refractivity contribution >= 4 is 0 Å². The summed E-state index contributed by atoms with van der Waals surface area (Å²) in [4.78, 5) is 27.2. The Morgan fingerprint density at radius 3 is 2.55 bits per heavy atom. The summed E-state index contributed by atoms with van der Waals surface area (Å²) in [6, 6.07) is 9.40. The second-order valence-corrected chi connectivity index (χ2v) is 8.73. The van der Waals surface area contributed by atoms with E-state index in [9.17, 15) is 44.7 Å². The summed E-state index contributed by atoms with van der Waals surface area (Å²) < 4.78 is 24.8. The number of aliphatic hydroxyl groups is 4. The summed E-state index contributed by atoms with van der Waals surface area (Å²) in [7, 11) is 1.28. The molecule has 38 heavy (non-hydrogen) atoms. The van der Waals surface area contributed by atoms with Crippen LogP contribution in [0.2, 0.25) is 0 Å². The van der Waals surface area contributed by atoms with Crippen molar-refractivity contribution in [3.63, 3.8) is 0 Å². The van der Waals surface area contributed by atoms with E-state index in [2.05, 4.69) is 0 Å². The summed E-state index contributed by atoms with van der Waals surface area (Å²) in [5.74, 6) is -4.12. The molecular weight excluding hydrogens is 509 g/mol. The van der Waals surface area contributed by atoms with Crippen LogP contribution in [-0.2, 0) is 23.6 Å². The van der Waals surface area contributed by atoms with Crippen molar-refractivity contribution in [3.8, 4) is 11.5 Å². The van der Waals surface area contributed by atoms with E-state index in [0.29, 0.717) is 4.57 Å². The Kier molecular flexibility index (Phi) is 7.40. The van der Waals surface area contributed by atoms with Gasteiger partial charge in [0.15, 0.2) is 11.5 Å². The van der Waals surface area contributed by atoms with Gasteiger partial charge in [0.2, 0.25) is 5.72 Å². The third-order valence-electron chi connectivity index (χ3n) is 6.39. The van der Waals surface area contributed by atoms with Crippen LogP contribution in [0.3, 0.4) is 0 Å². The number of hydroxylamine groups is 2. The predicted molar refractivity (Wildman–Crippen MR) is 126 cm³/mol. The first-order chi connectivity index (χ1) is 18.0. The number of hydrogen-bond acceptors (Lipinski definition) is 11. The summed E-state index contributed by atoms with van der Waals surface area (Å²) in [5.41, 5.74) is -5.37. The molecule has 0 radical (unpaired) electrons. The Morgan fingerprint density at radius 2 is 1.89 bits per heavy atom. The van der Waals surface area contributed by atoms with E-state index in [4.69, 9.17) is 9.47 Å². The lowest BCUT2D eigenvalue weighted by Gasteiger charge is -2.42. The molecule has 0 unspecified atom stereocenters. The van der Waals surface area contributed by atoms with Gasteiger partial charge >= 0.3 is 11.6 Å². The van der Waals surface area contributed by atoms with Crippen LogP contribution in [0.25, 0.3) is 0 Å². The number of phenolic OH excluding ortho intramolecular Hbond substituents is 1. The number of rotatable bonds is 8. The highest BCUT2D eigenvalue weighted by Gasteiger charge is 2.70. The molecule has 14 heteroatoms. The molecule has 1 aliphatic heterocycles. The number of halogens is 1. The van der Waals surface area contributed by atoms with Crippen molar-refractivity contribution in [2.75, 3.05) is 13.7 Å². The highest BCUT2D eigenvalue weighted by Crippen LogP contribution is 2.43. The maximum Gasteiger partial charge on any atom is 0.332 e. The minimum Gasteiger partial charge on any atom is -0.504 e. The molecule has 2 aromatic carbocycles. The van der Waals surface area contributed by atoms with Gasteiger partial charge in [0.1, 0.15) is 18.0 Å². The van der Waals surface area contributed by atoms with E-state index in [0.717, 1.165) is 12.3 Å². The Morgan fingerprint density at radius 1 is 1.18 bits per heavy atom. The second kappa shape index (κ2) is 10.3. The fourth-order valence-corrected chi connectivity index (χ4v) is 4.33. The second-order valence-electron chi connectivity index (χ2n) is 8.73. The zero-order valence-electron chi connectivity index (χ0n) is 20.0. The van der Waals surface area contributed by atoms with Gasteiger partial charge in [-0.15, -0.1) is 5.06 Å². The van der Waals surface area contributed by atoms with Crippen molar-refractivity contribution < 1.29 is 44.6 Å². The van der Waals surface area contributed by atoms with Crippen LogP contribution in [0.15, 0.2) is 58.3 Å². The van der Waals surface area contributed by atoms with Crippen LogP contribution in [0, 0.1) is 5.82 Å². The molecule has 1 aliphatic rings. The van der Waals surface area contributed by atoms with Crippen molar-refractivity contribution in [3.05, 3.63) is 92.0 Å². The Labute approximate surface area is 213 Å². The molecule has 0 amide bonds. The summed E-state index contributed by atoms with van der Waals surface area (Å²) in [5, 5.41) is 64.3. The van der Waals surface area contributed by atoms with E-state index in [1.807, 2.05) is 4.98 Å². The highest BCUT2D eigenvalue weighted by molar-refractivity contribution is 5.41. The quantitative estimate of drug-likeness (QED) is 0.137. The van der Waals surface area contributed by atoms with Gasteiger partial charge in [-0.25, -0.2) is 13.8 Å². The smallest absolute Gasteiger partial charge is 0.332 e. The van der Waals surface area contributed by atoms with E-state index in [1.54, 1.807) is 0 Å². The molecule has 1 saturated heterocycles. The first-order valence-electron chi connectivity index (χ1n) is 11.3. The van der Waals surface area contributed by atoms with Gasteiger partial charge in [-0.1, -0.05) is 24.3 Å². The zero-order chi connectivity index (χ0) is 27.8. The lowest BCUT2D eigenvalue weighted by atomic mass is 9.99. The van der Waals surface area contributed by atoms with Gasteiger partial charge in [-0.05, 0) is 29.3 Å². The molecule has 0 bridgehead atoms. The largest absolute Gasteiger partial charge is 0.504 e. The van der Waals surface area contributed by atoms with Crippen molar-refractivity contribution in [1.82, 2.24) is 14.6 Å². The molecule has 204 valence electrons. The predicted octanol–water partition coefficient (Wildman–Crippen LogP) is -1.08. The number of methoxy groups -OCH3 is 1. The van der Waals surface area contributed by atoms with Gasteiger partial charge in [-0.2, -0.15) is 0 Å². The normalized spacial score (nSPS) is 25.2. The minimum atomic E-state index is -3.28. The van der Waals surface area contributed by atoms with Crippen LogP contribution < -0.4 is 16.0 Å². The van der Waals surface area contributed by atoms with Crippen LogP contribution in [0.4, 0.5) is 4.39 Å². The summed E-state index contributed by atoms with van der Waals surface area (Å²) in [6.07, 6.45) is -3.44. The van der Waals surface area contributed by atoms with E-state index < -0.39 is 54.1 Å². The highest BCUT2D eigenvalue weighted by atomic mass is 19.1. The average Bonchev–Trinajstić information content (AvgIpc) is 3.09. The van der Waals surface area contributed by atoms with E-state index >= 15 is 0 Å². The molecule has 2 heterocycles. The molecule has 4 atom stereocenters. The Balaban J connectivity index is 1.80. The van der Waals surface area contributed by atoms with Gasteiger partial charge in [0, 0.05) is 18.2 Å². The van der Waals surface area contributed by atoms with Crippen molar-refractivity contribution in [2.24, 2.45) is 0 Å². The lowest BCUT2D eigenvalue weighted by Crippen LogP contribution is -2.68. The first kappa shape index (κ1) is 27.4. The third kappa shape index (κ3) is 4.48. The summed E-state index contributed by atoms with van der Waals surface area (Å²) in [6.45, 7) is -1.57. The third-order valence-corrected chi connectivity index (χ3v) is 6.39. The number of hydrogen-bond donors (Lipinski definition) is 7. The number of H-pyrrole nitrogens is 1. The van der Waals surface area contributed by atoms with Gasteiger partial charge in [0.25, 0.3) is 5.56 Å². The molecule has 7 N–H and O–H groups in total. The maximum absolute atomic E-state index is 14.2. The van der Waals surface area contributed by atoms with Gasteiger partial charge in [0.05, 0.1) is 20.3 Å². The van der Waals surface area contributed by atoms with Crippen LogP contribution in [-0.4, -0.2) is 77.0 Å². The Bertz CT molecular complexity index is 1450. The molecule has 13 nitrogen and oxygen atoms in total. The molecule has 3 aromatic rings. The topological polar surface area (TPSA) is 198 Å².